The van der Waals surface area contributed by atoms with Crippen LogP contribution in [0.25, 0.3) is 0 Å². The molecule has 1 fully saturated rings. The first-order chi connectivity index (χ1) is 21.3. The normalized spacial score (nSPS) is 13.8. The van der Waals surface area contributed by atoms with E-state index in [1.54, 1.807) is 28.0 Å². The number of carbonyl (C=O) groups excluding carboxylic acids is 4. The molecule has 230 valence electrons. The molecule has 0 saturated carbocycles. The van der Waals surface area contributed by atoms with Crippen LogP contribution in [0.1, 0.15) is 27.9 Å². The molecule has 44 heavy (non-hydrogen) atoms. The van der Waals surface area contributed by atoms with E-state index in [0.717, 1.165) is 11.1 Å². The number of ether oxygens (including phenoxy) is 2. The van der Waals surface area contributed by atoms with Gasteiger partial charge in [0.2, 0.25) is 5.91 Å². The number of nitrogens with two attached hydrogens (primary N) is 1. The molecule has 1 aliphatic rings. The number of hydrogen-bond donors (Lipinski definition) is 4. The molecular weight excluding hydrogens is 564 g/mol. The molecule has 1 aliphatic heterocycles. The second-order valence-corrected chi connectivity index (χ2v) is 10.1. The number of nitrogens with zero attached hydrogens (tertiary/aromatic N) is 2. The molecule has 0 aromatic heterocycles. The highest BCUT2D eigenvalue weighted by molar-refractivity contribution is 6.10. The van der Waals surface area contributed by atoms with Crippen molar-refractivity contribution in [3.8, 4) is 0 Å². The molecule has 1 saturated heterocycles. The third-order valence-corrected chi connectivity index (χ3v) is 6.94. The maximum atomic E-state index is 13.2. The van der Waals surface area contributed by atoms with Gasteiger partial charge in [0.1, 0.15) is 25.1 Å². The summed E-state index contributed by atoms with van der Waals surface area (Å²) in [5.41, 5.74) is 8.20. The molecule has 0 aliphatic carbocycles. The Kier molecular flexibility index (Phi) is 11.4. The summed E-state index contributed by atoms with van der Waals surface area (Å²) in [4.78, 5) is 53.7. The fraction of sp³-hybridized carbons (Fsp3) is 0.281. The summed E-state index contributed by atoms with van der Waals surface area (Å²) < 4.78 is 10.6. The van der Waals surface area contributed by atoms with Crippen LogP contribution in [0.3, 0.4) is 0 Å². The first-order valence-electron chi connectivity index (χ1n) is 14.2. The summed E-state index contributed by atoms with van der Waals surface area (Å²) in [6.45, 7) is 1.65. The van der Waals surface area contributed by atoms with E-state index in [2.05, 4.69) is 10.6 Å². The summed E-state index contributed by atoms with van der Waals surface area (Å²) in [5, 5.41) is 13.5. The number of esters is 1. The molecule has 0 bridgehead atoms. The van der Waals surface area contributed by atoms with Crippen LogP contribution in [-0.4, -0.2) is 78.3 Å². The lowest BCUT2D eigenvalue weighted by atomic mass is 10.1. The van der Waals surface area contributed by atoms with Crippen LogP contribution in [0.2, 0.25) is 0 Å². The lowest BCUT2D eigenvalue weighted by molar-refractivity contribution is -0.144. The summed E-state index contributed by atoms with van der Waals surface area (Å²) in [6, 6.07) is 23.9. The van der Waals surface area contributed by atoms with E-state index in [0.29, 0.717) is 31.9 Å². The van der Waals surface area contributed by atoms with Crippen molar-refractivity contribution in [2.45, 2.75) is 25.7 Å². The fourth-order valence-corrected chi connectivity index (χ4v) is 4.62. The first kappa shape index (κ1) is 31.7. The van der Waals surface area contributed by atoms with Crippen LogP contribution >= 0.6 is 0 Å². The molecule has 5 N–H and O–H groups in total. The van der Waals surface area contributed by atoms with Gasteiger partial charge < -0.3 is 30.7 Å². The van der Waals surface area contributed by atoms with Crippen molar-refractivity contribution in [1.82, 2.24) is 15.1 Å². The van der Waals surface area contributed by atoms with E-state index in [1.165, 1.54) is 6.07 Å². The van der Waals surface area contributed by atoms with Crippen molar-refractivity contribution < 1.29 is 28.7 Å². The van der Waals surface area contributed by atoms with Crippen molar-refractivity contribution in [3.05, 3.63) is 102 Å². The van der Waals surface area contributed by atoms with Crippen LogP contribution in [-0.2, 0) is 32.3 Å². The van der Waals surface area contributed by atoms with Gasteiger partial charge in [0.25, 0.3) is 5.91 Å². The molecule has 1 unspecified atom stereocenters. The van der Waals surface area contributed by atoms with E-state index in [4.69, 9.17) is 20.6 Å². The lowest BCUT2D eigenvalue weighted by Crippen LogP contribution is -2.58. The Morgan fingerprint density at radius 3 is 2.05 bits per heavy atom. The Bertz CT molecular complexity index is 1440. The SMILES string of the molecule is N=C(N)C(C(=O)Nc1cccc(C(=O)NCCC(=O)OCc2ccccc2)c1)N1CCN(C(=O)OCc2ccccc2)CC1. The second kappa shape index (κ2) is 15.8. The molecule has 0 spiro atoms. The molecule has 3 amide bonds. The van der Waals surface area contributed by atoms with Crippen molar-refractivity contribution in [1.29, 1.82) is 5.41 Å². The van der Waals surface area contributed by atoms with E-state index < -0.39 is 29.9 Å². The molecular formula is C32H36N6O6. The largest absolute Gasteiger partial charge is 0.461 e. The van der Waals surface area contributed by atoms with E-state index in [-0.39, 0.29) is 37.6 Å². The van der Waals surface area contributed by atoms with Crippen LogP contribution in [0.4, 0.5) is 10.5 Å². The summed E-state index contributed by atoms with van der Waals surface area (Å²) in [7, 11) is 0. The maximum absolute atomic E-state index is 13.2. The minimum Gasteiger partial charge on any atom is -0.461 e. The molecule has 1 heterocycles. The van der Waals surface area contributed by atoms with Crippen molar-refractivity contribution in [3.63, 3.8) is 0 Å². The fourth-order valence-electron chi connectivity index (χ4n) is 4.62. The number of benzene rings is 3. The van der Waals surface area contributed by atoms with Crippen molar-refractivity contribution >= 4 is 35.4 Å². The van der Waals surface area contributed by atoms with Crippen LogP contribution < -0.4 is 16.4 Å². The zero-order valence-corrected chi connectivity index (χ0v) is 24.2. The number of carbonyl (C=O) groups is 4. The van der Waals surface area contributed by atoms with Crippen LogP contribution in [0.15, 0.2) is 84.9 Å². The van der Waals surface area contributed by atoms with Crippen molar-refractivity contribution in [2.24, 2.45) is 5.73 Å². The second-order valence-electron chi connectivity index (χ2n) is 10.1. The van der Waals surface area contributed by atoms with Gasteiger partial charge in [-0.2, -0.15) is 0 Å². The predicted octanol–water partition coefficient (Wildman–Crippen LogP) is 2.75. The van der Waals surface area contributed by atoms with Gasteiger partial charge in [-0.25, -0.2) is 4.79 Å². The highest BCUT2D eigenvalue weighted by Crippen LogP contribution is 2.15. The highest BCUT2D eigenvalue weighted by atomic mass is 16.6. The standard InChI is InChI=1S/C32H36N6O6/c33-29(34)28(37-16-18-38(19-17-37)32(42)44-22-24-10-5-2-6-11-24)31(41)36-26-13-7-12-25(20-26)30(40)35-15-14-27(39)43-21-23-8-3-1-4-9-23/h1-13,20,28H,14-19,21-22H2,(H3,33,34)(H,35,40)(H,36,41). The molecule has 4 rings (SSSR count). The van der Waals surface area contributed by atoms with Crippen LogP contribution in [0, 0.1) is 5.41 Å². The summed E-state index contributed by atoms with van der Waals surface area (Å²) in [5.74, 6) is -1.72. The topological polar surface area (TPSA) is 167 Å². The Morgan fingerprint density at radius 2 is 1.43 bits per heavy atom. The quantitative estimate of drug-likeness (QED) is 0.140. The van der Waals surface area contributed by atoms with Gasteiger partial charge in [0, 0.05) is 44.0 Å². The van der Waals surface area contributed by atoms with Crippen LogP contribution in [0.5, 0.6) is 0 Å². The predicted molar refractivity (Wildman–Crippen MR) is 164 cm³/mol. The molecule has 12 nitrogen and oxygen atoms in total. The van der Waals surface area contributed by atoms with Crippen molar-refractivity contribution in [2.75, 3.05) is 38.0 Å². The summed E-state index contributed by atoms with van der Waals surface area (Å²) >= 11 is 0. The average molecular weight is 601 g/mol. The molecule has 3 aromatic carbocycles. The molecule has 3 aromatic rings. The minimum atomic E-state index is -1.06. The number of nitrogens with one attached hydrogen (secondary N) is 3. The summed E-state index contributed by atoms with van der Waals surface area (Å²) in [6.07, 6.45) is -0.440. The Hall–Kier alpha value is -5.23. The Labute approximate surface area is 255 Å². The zero-order valence-electron chi connectivity index (χ0n) is 24.2. The van der Waals surface area contributed by atoms with Gasteiger partial charge in [-0.15, -0.1) is 0 Å². The van der Waals surface area contributed by atoms with Gasteiger partial charge >= 0.3 is 12.1 Å². The first-order valence-corrected chi connectivity index (χ1v) is 14.2. The Balaban J connectivity index is 1.23. The third kappa shape index (κ3) is 9.39. The van der Waals surface area contributed by atoms with E-state index in [9.17, 15) is 19.2 Å². The monoisotopic (exact) mass is 600 g/mol. The highest BCUT2D eigenvalue weighted by Gasteiger charge is 2.33. The number of rotatable bonds is 12. The molecule has 1 atom stereocenters. The number of hydrogen-bond acceptors (Lipinski definition) is 8. The van der Waals surface area contributed by atoms with Gasteiger partial charge in [-0.1, -0.05) is 66.7 Å². The van der Waals surface area contributed by atoms with E-state index >= 15 is 0 Å². The smallest absolute Gasteiger partial charge is 0.410 e. The Morgan fingerprint density at radius 1 is 0.818 bits per heavy atom. The van der Waals surface area contributed by atoms with Gasteiger partial charge in [-0.05, 0) is 29.3 Å². The zero-order chi connectivity index (χ0) is 31.3. The number of amidine groups is 1. The number of amides is 3. The van der Waals surface area contributed by atoms with Gasteiger partial charge in [0.15, 0.2) is 0 Å². The number of piperazine rings is 1. The molecule has 0 radical (unpaired) electrons. The van der Waals surface area contributed by atoms with Gasteiger partial charge in [-0.3, -0.25) is 24.7 Å². The third-order valence-electron chi connectivity index (χ3n) is 6.94. The maximum Gasteiger partial charge on any atom is 0.410 e. The average Bonchev–Trinajstić information content (AvgIpc) is 3.04. The minimum absolute atomic E-state index is 0.00725. The van der Waals surface area contributed by atoms with E-state index in [1.807, 2.05) is 60.7 Å². The molecule has 12 heteroatoms. The number of anilines is 1. The lowest BCUT2D eigenvalue weighted by Gasteiger charge is -2.37. The van der Waals surface area contributed by atoms with Gasteiger partial charge in [0.05, 0.1) is 6.42 Å².